The van der Waals surface area contributed by atoms with Gasteiger partial charge in [-0.2, -0.15) is 0 Å². The molecule has 0 aromatic heterocycles. The molecule has 2 rings (SSSR count). The number of halogens is 2. The SMILES string of the molecule is CC(C)(C)c1ccc(C(=O)NC(=S)Nc2ccc(I)cc2)cc1Br. The predicted molar refractivity (Wildman–Crippen MR) is 116 cm³/mol. The zero-order chi connectivity index (χ0) is 17.9. The summed E-state index contributed by atoms with van der Waals surface area (Å²) in [5, 5.41) is 5.98. The first-order chi connectivity index (χ1) is 11.2. The summed E-state index contributed by atoms with van der Waals surface area (Å²) in [5.74, 6) is -0.237. The lowest BCUT2D eigenvalue weighted by atomic mass is 9.86. The van der Waals surface area contributed by atoms with Crippen LogP contribution in [0.3, 0.4) is 0 Å². The van der Waals surface area contributed by atoms with Crippen molar-refractivity contribution in [2.45, 2.75) is 26.2 Å². The standard InChI is InChI=1S/C18H18BrIN2OS/c1-18(2,3)14-9-4-11(10-15(14)19)16(23)22-17(24)21-13-7-5-12(20)6-8-13/h4-10H,1-3H3,(H2,21,22,23,24). The number of nitrogens with one attached hydrogen (secondary N) is 2. The summed E-state index contributed by atoms with van der Waals surface area (Å²) in [4.78, 5) is 12.4. The van der Waals surface area contributed by atoms with Gasteiger partial charge in [-0.05, 0) is 82.2 Å². The van der Waals surface area contributed by atoms with Gasteiger partial charge in [-0.25, -0.2) is 0 Å². The maximum absolute atomic E-state index is 12.4. The highest BCUT2D eigenvalue weighted by atomic mass is 127. The highest BCUT2D eigenvalue weighted by Crippen LogP contribution is 2.30. The minimum Gasteiger partial charge on any atom is -0.332 e. The molecule has 0 aliphatic carbocycles. The fraction of sp³-hybridized carbons (Fsp3) is 0.222. The van der Waals surface area contributed by atoms with E-state index in [-0.39, 0.29) is 16.4 Å². The Morgan fingerprint density at radius 2 is 1.75 bits per heavy atom. The Bertz CT molecular complexity index is 770. The minimum atomic E-state index is -0.237. The van der Waals surface area contributed by atoms with E-state index in [4.69, 9.17) is 12.2 Å². The lowest BCUT2D eigenvalue weighted by Crippen LogP contribution is -2.34. The molecule has 2 aromatic carbocycles. The number of anilines is 1. The van der Waals surface area contributed by atoms with Crippen LogP contribution in [0.2, 0.25) is 0 Å². The molecule has 0 bridgehead atoms. The number of benzene rings is 2. The third-order valence-electron chi connectivity index (χ3n) is 3.37. The van der Waals surface area contributed by atoms with Crippen molar-refractivity contribution in [1.29, 1.82) is 0 Å². The molecule has 0 saturated carbocycles. The van der Waals surface area contributed by atoms with Crippen LogP contribution < -0.4 is 10.6 Å². The topological polar surface area (TPSA) is 41.1 Å². The summed E-state index contributed by atoms with van der Waals surface area (Å²) in [6.45, 7) is 6.40. The van der Waals surface area contributed by atoms with Crippen molar-refractivity contribution in [2.75, 3.05) is 5.32 Å². The van der Waals surface area contributed by atoms with E-state index in [1.165, 1.54) is 0 Å². The summed E-state index contributed by atoms with van der Waals surface area (Å²) in [5.41, 5.74) is 2.56. The van der Waals surface area contributed by atoms with Gasteiger partial charge >= 0.3 is 0 Å². The van der Waals surface area contributed by atoms with E-state index in [1.807, 2.05) is 42.5 Å². The van der Waals surface area contributed by atoms with E-state index in [1.54, 1.807) is 0 Å². The Balaban J connectivity index is 2.05. The first-order valence-electron chi connectivity index (χ1n) is 7.35. The summed E-state index contributed by atoms with van der Waals surface area (Å²) in [7, 11) is 0. The molecule has 6 heteroatoms. The van der Waals surface area contributed by atoms with Crippen molar-refractivity contribution in [3.8, 4) is 0 Å². The van der Waals surface area contributed by atoms with Gasteiger partial charge in [0.2, 0.25) is 0 Å². The van der Waals surface area contributed by atoms with Gasteiger partial charge in [0.15, 0.2) is 5.11 Å². The van der Waals surface area contributed by atoms with Crippen molar-refractivity contribution < 1.29 is 4.79 Å². The van der Waals surface area contributed by atoms with Crippen molar-refractivity contribution in [1.82, 2.24) is 5.32 Å². The van der Waals surface area contributed by atoms with E-state index in [2.05, 4.69) is 69.9 Å². The molecule has 2 N–H and O–H groups in total. The summed E-state index contributed by atoms with van der Waals surface area (Å²) >= 11 is 11.0. The second kappa shape index (κ2) is 7.93. The van der Waals surface area contributed by atoms with Crippen LogP contribution in [-0.2, 0) is 5.41 Å². The Morgan fingerprint density at radius 1 is 1.12 bits per heavy atom. The van der Waals surface area contributed by atoms with E-state index < -0.39 is 0 Å². The predicted octanol–water partition coefficient (Wildman–Crippen LogP) is 5.48. The lowest BCUT2D eigenvalue weighted by molar-refractivity contribution is 0.0977. The summed E-state index contributed by atoms with van der Waals surface area (Å²) in [6, 6.07) is 13.4. The molecule has 0 radical (unpaired) electrons. The molecule has 0 saturated heterocycles. The van der Waals surface area contributed by atoms with Crippen molar-refractivity contribution >= 4 is 67.4 Å². The normalized spacial score (nSPS) is 11.0. The molecule has 0 unspecified atom stereocenters. The van der Waals surface area contributed by atoms with Crippen molar-refractivity contribution in [3.05, 3.63) is 61.6 Å². The van der Waals surface area contributed by atoms with Gasteiger partial charge in [-0.1, -0.05) is 42.8 Å². The Labute approximate surface area is 169 Å². The van der Waals surface area contributed by atoms with Gasteiger partial charge < -0.3 is 5.32 Å². The molecule has 24 heavy (non-hydrogen) atoms. The molecule has 0 fully saturated rings. The largest absolute Gasteiger partial charge is 0.332 e. The van der Waals surface area contributed by atoms with E-state index in [9.17, 15) is 4.79 Å². The number of carbonyl (C=O) groups is 1. The fourth-order valence-electron chi connectivity index (χ4n) is 2.14. The van der Waals surface area contributed by atoms with Crippen LogP contribution >= 0.6 is 50.7 Å². The smallest absolute Gasteiger partial charge is 0.257 e. The third-order valence-corrected chi connectivity index (χ3v) is 4.95. The highest BCUT2D eigenvalue weighted by molar-refractivity contribution is 14.1. The molecular weight excluding hydrogens is 499 g/mol. The fourth-order valence-corrected chi connectivity index (χ4v) is 3.68. The number of thiocarbonyl (C=S) groups is 1. The quantitative estimate of drug-likeness (QED) is 0.410. The van der Waals surface area contributed by atoms with Crippen LogP contribution in [0.25, 0.3) is 0 Å². The molecule has 0 atom stereocenters. The van der Waals surface area contributed by atoms with E-state index in [0.29, 0.717) is 5.56 Å². The van der Waals surface area contributed by atoms with Gasteiger partial charge in [0.05, 0.1) is 0 Å². The second-order valence-corrected chi connectivity index (χ2v) is 8.87. The van der Waals surface area contributed by atoms with Gasteiger partial charge in [-0.15, -0.1) is 0 Å². The molecule has 3 nitrogen and oxygen atoms in total. The van der Waals surface area contributed by atoms with Crippen LogP contribution in [0.4, 0.5) is 5.69 Å². The Kier molecular flexibility index (Phi) is 6.39. The zero-order valence-corrected chi connectivity index (χ0v) is 18.2. The molecule has 0 aliphatic rings. The number of amides is 1. The first kappa shape index (κ1) is 19.3. The molecule has 0 heterocycles. The number of hydrogen-bond acceptors (Lipinski definition) is 2. The van der Waals surface area contributed by atoms with Crippen LogP contribution in [0.5, 0.6) is 0 Å². The van der Waals surface area contributed by atoms with Crippen LogP contribution in [0.15, 0.2) is 46.9 Å². The maximum Gasteiger partial charge on any atom is 0.257 e. The van der Waals surface area contributed by atoms with Crippen molar-refractivity contribution in [3.63, 3.8) is 0 Å². The molecule has 0 spiro atoms. The number of carbonyl (C=O) groups excluding carboxylic acids is 1. The average molecular weight is 517 g/mol. The maximum atomic E-state index is 12.4. The lowest BCUT2D eigenvalue weighted by Gasteiger charge is -2.21. The second-order valence-electron chi connectivity index (χ2n) is 6.36. The third kappa shape index (κ3) is 5.26. The average Bonchev–Trinajstić information content (AvgIpc) is 2.48. The Morgan fingerprint density at radius 3 is 2.29 bits per heavy atom. The highest BCUT2D eigenvalue weighted by Gasteiger charge is 2.18. The van der Waals surface area contributed by atoms with Gasteiger partial charge in [0.1, 0.15) is 0 Å². The zero-order valence-electron chi connectivity index (χ0n) is 13.6. The van der Waals surface area contributed by atoms with E-state index >= 15 is 0 Å². The summed E-state index contributed by atoms with van der Waals surface area (Å²) < 4.78 is 2.05. The van der Waals surface area contributed by atoms with Gasteiger partial charge in [0.25, 0.3) is 5.91 Å². The van der Waals surface area contributed by atoms with Crippen LogP contribution in [0, 0.1) is 3.57 Å². The molecule has 1 amide bonds. The summed E-state index contributed by atoms with van der Waals surface area (Å²) in [6.07, 6.45) is 0. The molecule has 2 aromatic rings. The molecule has 126 valence electrons. The molecule has 0 aliphatic heterocycles. The van der Waals surface area contributed by atoms with Gasteiger partial charge in [-0.3, -0.25) is 10.1 Å². The molecular formula is C18H18BrIN2OS. The van der Waals surface area contributed by atoms with Crippen LogP contribution in [0.1, 0.15) is 36.7 Å². The number of hydrogen-bond donors (Lipinski definition) is 2. The van der Waals surface area contributed by atoms with Crippen LogP contribution in [-0.4, -0.2) is 11.0 Å². The van der Waals surface area contributed by atoms with Crippen molar-refractivity contribution in [2.24, 2.45) is 0 Å². The minimum absolute atomic E-state index is 0.00944. The van der Waals surface area contributed by atoms with Gasteiger partial charge in [0, 0.05) is 19.3 Å². The number of rotatable bonds is 2. The monoisotopic (exact) mass is 516 g/mol. The first-order valence-corrected chi connectivity index (χ1v) is 9.63. The van der Waals surface area contributed by atoms with E-state index in [0.717, 1.165) is 19.3 Å². The Hall–Kier alpha value is -0.990.